The van der Waals surface area contributed by atoms with Gasteiger partial charge in [0.1, 0.15) is 61.2 Å². The number of hydrogen-bond acceptors (Lipinski definition) is 22. The number of nitrogens with zero attached hydrogens (tertiary/aromatic N) is 6. The van der Waals surface area contributed by atoms with Crippen molar-refractivity contribution in [1.82, 2.24) is 61.9 Å². The van der Waals surface area contributed by atoms with Gasteiger partial charge in [0.15, 0.2) is 23.1 Å². The number of β-amino-alcohol motifs (C(OH)–C–C–N with tert-alkyl or cyclic N) is 2. The van der Waals surface area contributed by atoms with Gasteiger partial charge in [-0.2, -0.15) is 0 Å². The van der Waals surface area contributed by atoms with Crippen LogP contribution in [0.5, 0.6) is 0 Å². The standard InChI is InChI=1S/C29H37BN4O7.C29H36N4O6.C29H34N4O6.2CH4.HI/c1-19(2)15-23(32-28(37)26-16-21-11-7-8-12-25(21)41-26)27(36)31-22-13-14-34(30(3)39)33(17-24(22)35)29(38)40-18-20-9-5-4-6-10-20;2*1-19(2)15-23(31-28(36)26-16-21-11-7-8-12-25(21)39-26)27(35)30-22-13-14-32(3)33(17-24(22)34)29(37)38-18-20-9-5-4-6-10-20;;;/h4-12,16,19,22-24,35,39H,13-15,17-18H2,1-3H3,(H,31,36)(H,32,37);4-12,16,19,22-24,34H,13-15,17-18H2,1-3H3,(H,30,35)(H,31,36);4-12,16,19,22-23H,13-15,17-18H2,1-3H3,(H,30,35)(H,31,36);2*1H4;1H/p-1/t2*22?,23-,24?;22-,23-;;;/m000.../s1. The van der Waals surface area contributed by atoms with E-state index in [1.54, 1.807) is 60.5 Å². The molecule has 3 aliphatic rings. The molecule has 8 atom stereocenters. The van der Waals surface area contributed by atoms with E-state index in [2.05, 4.69) is 31.9 Å². The number of nitrogens with one attached hydrogen (secondary N) is 6. The summed E-state index contributed by atoms with van der Waals surface area (Å²) in [4.78, 5) is 132. The smallest absolute Gasteiger partial charge is 0.425 e. The topological polar surface area (TPSA) is 390 Å². The maximum absolute atomic E-state index is 13.4. The van der Waals surface area contributed by atoms with Crippen molar-refractivity contribution in [2.24, 2.45) is 17.8 Å². The molecule has 6 heterocycles. The Bertz CT molecular complexity index is 4800. The molecule has 9 aromatic rings. The van der Waals surface area contributed by atoms with Gasteiger partial charge in [-0.15, -0.1) is 0 Å². The molecule has 9 N–H and O–H groups in total. The maximum Gasteiger partial charge on any atom is 0.425 e. The molecule has 3 aliphatic heterocycles. The van der Waals surface area contributed by atoms with E-state index in [1.807, 2.05) is 187 Å². The number of halogens is 1. The Kier molecular flexibility index (Phi) is 37.9. The average molecular weight is 1790 g/mol. The molecule has 3 fully saturated rings. The van der Waals surface area contributed by atoms with Crippen LogP contribution in [0.4, 0.5) is 14.4 Å². The van der Waals surface area contributed by atoms with Crippen LogP contribution in [0.3, 0.4) is 0 Å². The molecule has 3 aromatic heterocycles. The number of carbonyl (C=O) groups is 10. The second-order valence-corrected chi connectivity index (χ2v) is 31.1. The summed E-state index contributed by atoms with van der Waals surface area (Å²) < 4.78 is 33.2. The minimum absolute atomic E-state index is 0. The van der Waals surface area contributed by atoms with Crippen molar-refractivity contribution >= 4 is 99.5 Å². The van der Waals surface area contributed by atoms with Gasteiger partial charge in [0.2, 0.25) is 17.7 Å². The van der Waals surface area contributed by atoms with E-state index in [0.29, 0.717) is 61.9 Å². The highest BCUT2D eigenvalue weighted by molar-refractivity contribution is 6.45. The largest absolute Gasteiger partial charge is 1.00 e. The number of amides is 9. The molecule has 31 nitrogen and oxygen atoms in total. The molecule has 4 unspecified atom stereocenters. The van der Waals surface area contributed by atoms with E-state index in [1.165, 1.54) is 26.8 Å². The van der Waals surface area contributed by atoms with Gasteiger partial charge in [0.25, 0.3) is 17.7 Å². The lowest BCUT2D eigenvalue weighted by Gasteiger charge is -2.33. The van der Waals surface area contributed by atoms with Crippen LogP contribution in [0.2, 0.25) is 6.82 Å². The Morgan fingerprint density at radius 1 is 0.443 bits per heavy atom. The molecule has 12 rings (SSSR count). The number of aliphatic hydroxyl groups is 2. The number of carbonyl (C=O) groups excluding carboxylic acids is 10. The lowest BCUT2D eigenvalue weighted by atomic mass is 9.87. The number of para-hydroxylation sites is 3. The number of Topliss-reactive ketones (excluding diaryl/α,β-unsaturated/α-hetero) is 1. The van der Waals surface area contributed by atoms with Gasteiger partial charge >= 0.3 is 25.3 Å². The molecule has 33 heteroatoms. The Labute approximate surface area is 728 Å². The van der Waals surface area contributed by atoms with E-state index >= 15 is 0 Å². The van der Waals surface area contributed by atoms with Crippen molar-refractivity contribution in [3.63, 3.8) is 0 Å². The molecule has 122 heavy (non-hydrogen) atoms. The third-order valence-electron chi connectivity index (χ3n) is 20.2. The van der Waals surface area contributed by atoms with Crippen molar-refractivity contribution in [3.05, 3.63) is 216 Å². The van der Waals surface area contributed by atoms with Crippen LogP contribution in [0, 0.1) is 17.8 Å². The number of aliphatic hydroxyl groups excluding tert-OH is 2. The fourth-order valence-corrected chi connectivity index (χ4v) is 13.8. The zero-order chi connectivity index (χ0) is 85.4. The molecule has 0 aliphatic carbocycles. The van der Waals surface area contributed by atoms with Gasteiger partial charge in [-0.05, 0) is 116 Å². The minimum atomic E-state index is -1.15. The Hall–Kier alpha value is -11.2. The van der Waals surface area contributed by atoms with Crippen LogP contribution >= 0.6 is 0 Å². The zero-order valence-corrected chi connectivity index (χ0v) is 70.9. The van der Waals surface area contributed by atoms with Gasteiger partial charge in [-0.3, -0.25) is 33.6 Å². The number of furan rings is 3. The molecule has 656 valence electrons. The van der Waals surface area contributed by atoms with Crippen LogP contribution < -0.4 is 55.9 Å². The molecule has 3 saturated heterocycles. The molecular weight excluding hydrogens is 1680 g/mol. The Morgan fingerprint density at radius 2 is 0.754 bits per heavy atom. The van der Waals surface area contributed by atoms with Crippen molar-refractivity contribution < 1.29 is 115 Å². The summed E-state index contributed by atoms with van der Waals surface area (Å²) in [5.41, 5.74) is 4.22. The van der Waals surface area contributed by atoms with E-state index in [0.717, 1.165) is 32.8 Å². The number of fused-ring (bicyclic) bond motifs is 3. The third-order valence-corrected chi connectivity index (χ3v) is 20.2. The van der Waals surface area contributed by atoms with E-state index in [4.69, 9.17) is 27.5 Å². The number of benzene rings is 6. The van der Waals surface area contributed by atoms with E-state index < -0.39 is 109 Å². The summed E-state index contributed by atoms with van der Waals surface area (Å²) >= 11 is 0. The summed E-state index contributed by atoms with van der Waals surface area (Å²) in [5.74, 6) is -2.53. The molecule has 9 amide bonds. The first-order valence-electron chi connectivity index (χ1n) is 40.0. The van der Waals surface area contributed by atoms with Crippen molar-refractivity contribution in [1.29, 1.82) is 0 Å². The second kappa shape index (κ2) is 47.3. The molecule has 0 bridgehead atoms. The number of hydrazine groups is 3. The lowest BCUT2D eigenvalue weighted by molar-refractivity contribution is -0.129. The first-order valence-corrected chi connectivity index (χ1v) is 40.0. The fourth-order valence-electron chi connectivity index (χ4n) is 13.8. The second-order valence-electron chi connectivity index (χ2n) is 31.1. The van der Waals surface area contributed by atoms with E-state index in [9.17, 15) is 63.2 Å². The summed E-state index contributed by atoms with van der Waals surface area (Å²) in [7, 11) is 2.38. The number of ether oxygens (including phenoxy) is 3. The van der Waals surface area contributed by atoms with Crippen molar-refractivity contribution in [2.75, 3.05) is 53.4 Å². The Morgan fingerprint density at radius 3 is 1.11 bits per heavy atom. The normalized spacial score (nSPS) is 17.7. The molecule has 0 saturated carbocycles. The quantitative estimate of drug-likeness (QED) is 0.0149. The molecule has 0 spiro atoms. The Balaban J connectivity index is 0.000000249. The van der Waals surface area contributed by atoms with Crippen LogP contribution in [0.15, 0.2) is 195 Å². The van der Waals surface area contributed by atoms with Crippen LogP contribution in [0.1, 0.15) is 143 Å². The molecular formula is C89H115BIN12O19-. The predicted molar refractivity (Wildman–Crippen MR) is 457 cm³/mol. The molecule has 6 aromatic carbocycles. The first kappa shape index (κ1) is 97.9. The SMILES string of the molecule is C.C.CB(O)N1CCC(NC(=O)[C@H](CC(C)C)NC(=O)c2cc3ccccc3o2)C(O)CN1C(=O)OCc1ccccc1.CC(C)C[C@H](NC(=O)c1cc2ccccc2o1)C(=O)NC1CCN(C)N(C(=O)OCc2ccccc2)CC1O.CC(C)C[C@H](NC(=O)c1cc2ccccc2o1)C(=O)N[C@H]1CCN(C)N(C(=O)OCc2ccccc2)CC1=O.[I-]. The van der Waals surface area contributed by atoms with Crippen LogP contribution in [-0.2, 0) is 53.2 Å². The maximum atomic E-state index is 13.4. The predicted octanol–water partition coefficient (Wildman–Crippen LogP) is 7.90. The highest BCUT2D eigenvalue weighted by Gasteiger charge is 2.41. The molecule has 0 radical (unpaired) electrons. The summed E-state index contributed by atoms with van der Waals surface area (Å²) in [6.07, 6.45) is -2.06. The average Bonchev–Trinajstić information content (AvgIpc) is 1.70. The van der Waals surface area contributed by atoms with Gasteiger partial charge in [0, 0.05) is 49.9 Å². The number of ketones is 1. The van der Waals surface area contributed by atoms with E-state index in [-0.39, 0.29) is 132 Å². The van der Waals surface area contributed by atoms with Crippen LogP contribution in [-0.4, -0.2) is 214 Å². The highest BCUT2D eigenvalue weighted by atomic mass is 127. The summed E-state index contributed by atoms with van der Waals surface area (Å²) in [6, 6.07) is 49.7. The fraction of sp³-hybridized carbons (Fsp3) is 0.416. The first-order chi connectivity index (χ1) is 57.0. The monoisotopic (exact) mass is 1790 g/mol. The van der Waals surface area contributed by atoms with Crippen molar-refractivity contribution in [2.45, 2.75) is 170 Å². The van der Waals surface area contributed by atoms with Gasteiger partial charge in [-0.25, -0.2) is 44.3 Å². The van der Waals surface area contributed by atoms with Gasteiger partial charge < -0.3 is 98.6 Å². The summed E-state index contributed by atoms with van der Waals surface area (Å²) in [5, 5.41) is 58.6. The van der Waals surface area contributed by atoms with Crippen molar-refractivity contribution in [3.8, 4) is 0 Å². The number of rotatable bonds is 25. The minimum Gasteiger partial charge on any atom is -1.00 e. The lowest BCUT2D eigenvalue weighted by Crippen LogP contribution is -3.00. The number of hydrogen-bond donors (Lipinski definition) is 9. The van der Waals surface area contributed by atoms with Gasteiger partial charge in [0.05, 0.1) is 43.4 Å². The third kappa shape index (κ3) is 28.2. The summed E-state index contributed by atoms with van der Waals surface area (Å²) in [6.45, 7) is 13.8. The highest BCUT2D eigenvalue weighted by Crippen LogP contribution is 2.26. The zero-order valence-electron chi connectivity index (χ0n) is 68.8. The van der Waals surface area contributed by atoms with Gasteiger partial charge in [-0.1, -0.05) is 202 Å². The van der Waals surface area contributed by atoms with Crippen LogP contribution in [0.25, 0.3) is 32.9 Å².